The van der Waals surface area contributed by atoms with Crippen LogP contribution in [0.1, 0.15) is 13.8 Å². The highest BCUT2D eigenvalue weighted by Gasteiger charge is 2.24. The smallest absolute Gasteiger partial charge is 0.339 e. The number of benzene rings is 2. The Morgan fingerprint density at radius 2 is 1.40 bits per heavy atom. The second-order valence-corrected chi connectivity index (χ2v) is 8.51. The van der Waals surface area contributed by atoms with E-state index in [9.17, 15) is 21.2 Å². The van der Waals surface area contributed by atoms with Gasteiger partial charge in [-0.05, 0) is 36.4 Å². The van der Waals surface area contributed by atoms with Gasteiger partial charge in [-0.15, -0.1) is 0 Å². The maximum atomic E-state index is 13.5. The van der Waals surface area contributed by atoms with Crippen molar-refractivity contribution >= 4 is 20.1 Å². The summed E-state index contributed by atoms with van der Waals surface area (Å²) in [6, 6.07) is 9.71. The monoisotopic (exact) mass is 387 g/mol. The summed E-state index contributed by atoms with van der Waals surface area (Å²) in [7, 11) is -7.97. The van der Waals surface area contributed by atoms with Crippen molar-refractivity contribution in [2.24, 2.45) is 0 Å². The van der Waals surface area contributed by atoms with E-state index in [1.807, 2.05) is 0 Å². The predicted molar refractivity (Wildman–Crippen MR) is 90.8 cm³/mol. The first kappa shape index (κ1) is 19.4. The average Bonchev–Trinajstić information content (AvgIpc) is 2.58. The summed E-state index contributed by atoms with van der Waals surface area (Å²) >= 11 is 0. The van der Waals surface area contributed by atoms with Gasteiger partial charge in [0.1, 0.15) is 4.90 Å². The van der Waals surface area contributed by atoms with Crippen LogP contribution in [-0.2, 0) is 20.1 Å². The molecule has 2 rings (SSSR count). The first-order valence-electron chi connectivity index (χ1n) is 7.51. The molecule has 2 aromatic rings. The molecular formula is C16H18FNO5S2. The molecule has 0 saturated carbocycles. The Morgan fingerprint density at radius 1 is 0.880 bits per heavy atom. The minimum absolute atomic E-state index is 0.0268. The first-order chi connectivity index (χ1) is 11.7. The molecule has 0 radical (unpaired) electrons. The molecule has 0 aliphatic heterocycles. The van der Waals surface area contributed by atoms with Gasteiger partial charge in [0, 0.05) is 13.1 Å². The summed E-state index contributed by atoms with van der Waals surface area (Å²) in [5.74, 6) is -1.24. The quantitative estimate of drug-likeness (QED) is 0.682. The highest BCUT2D eigenvalue weighted by molar-refractivity contribution is 7.89. The van der Waals surface area contributed by atoms with Gasteiger partial charge in [0.2, 0.25) is 10.0 Å². The van der Waals surface area contributed by atoms with Crippen molar-refractivity contribution in [1.82, 2.24) is 4.31 Å². The van der Waals surface area contributed by atoms with Gasteiger partial charge in [-0.1, -0.05) is 26.0 Å². The Bertz CT molecular complexity index is 937. The molecule has 0 atom stereocenters. The van der Waals surface area contributed by atoms with E-state index in [0.717, 1.165) is 18.2 Å². The molecule has 0 unspecified atom stereocenters. The van der Waals surface area contributed by atoms with Gasteiger partial charge in [0.15, 0.2) is 11.6 Å². The van der Waals surface area contributed by atoms with E-state index < -0.39 is 31.7 Å². The number of rotatable bonds is 7. The lowest BCUT2D eigenvalue weighted by molar-refractivity contribution is 0.445. The second kappa shape index (κ2) is 7.51. The number of sulfonamides is 1. The van der Waals surface area contributed by atoms with Crippen molar-refractivity contribution in [2.45, 2.75) is 23.6 Å². The van der Waals surface area contributed by atoms with Crippen molar-refractivity contribution in [3.63, 3.8) is 0 Å². The minimum Gasteiger partial charge on any atom is -0.376 e. The number of nitrogens with zero attached hydrogens (tertiary/aromatic N) is 1. The molecule has 0 aliphatic carbocycles. The fraction of sp³-hybridized carbons (Fsp3) is 0.250. The van der Waals surface area contributed by atoms with Gasteiger partial charge in [0.05, 0.1) is 4.90 Å². The maximum Gasteiger partial charge on any atom is 0.339 e. The van der Waals surface area contributed by atoms with Crippen LogP contribution in [0.3, 0.4) is 0 Å². The van der Waals surface area contributed by atoms with E-state index >= 15 is 0 Å². The van der Waals surface area contributed by atoms with Crippen LogP contribution in [-0.4, -0.2) is 34.2 Å². The molecule has 136 valence electrons. The molecule has 0 N–H and O–H groups in total. The van der Waals surface area contributed by atoms with Gasteiger partial charge < -0.3 is 4.18 Å². The van der Waals surface area contributed by atoms with E-state index in [0.29, 0.717) is 13.1 Å². The van der Waals surface area contributed by atoms with Gasteiger partial charge >= 0.3 is 10.1 Å². The van der Waals surface area contributed by atoms with Crippen LogP contribution in [0.4, 0.5) is 4.39 Å². The lowest BCUT2D eigenvalue weighted by atomic mass is 10.3. The van der Waals surface area contributed by atoms with Crippen LogP contribution in [0.25, 0.3) is 0 Å². The number of hydrogen-bond acceptors (Lipinski definition) is 5. The summed E-state index contributed by atoms with van der Waals surface area (Å²) < 4.78 is 68.8. The van der Waals surface area contributed by atoms with Gasteiger partial charge in [-0.2, -0.15) is 12.7 Å². The third-order valence-electron chi connectivity index (χ3n) is 3.49. The fourth-order valence-electron chi connectivity index (χ4n) is 2.17. The topological polar surface area (TPSA) is 80.8 Å². The first-order valence-corrected chi connectivity index (χ1v) is 10.4. The summed E-state index contributed by atoms with van der Waals surface area (Å²) in [5, 5.41) is 0. The molecular weight excluding hydrogens is 369 g/mol. The fourth-order valence-corrected chi connectivity index (χ4v) is 4.56. The largest absolute Gasteiger partial charge is 0.376 e. The molecule has 0 aliphatic rings. The highest BCUT2D eigenvalue weighted by atomic mass is 32.2. The number of para-hydroxylation sites is 1. The summed E-state index contributed by atoms with van der Waals surface area (Å²) in [4.78, 5) is -0.296. The third-order valence-corrected chi connectivity index (χ3v) is 6.80. The molecule has 0 aromatic heterocycles. The summed E-state index contributed by atoms with van der Waals surface area (Å²) in [6.07, 6.45) is 0. The molecule has 25 heavy (non-hydrogen) atoms. The molecule has 9 heteroatoms. The number of halogens is 1. The lowest BCUT2D eigenvalue weighted by Gasteiger charge is -2.18. The normalized spacial score (nSPS) is 12.3. The molecule has 0 spiro atoms. The molecule has 0 heterocycles. The Hall–Kier alpha value is -1.97. The number of hydrogen-bond donors (Lipinski definition) is 0. The van der Waals surface area contributed by atoms with Crippen LogP contribution < -0.4 is 4.18 Å². The zero-order chi connectivity index (χ0) is 18.7. The van der Waals surface area contributed by atoms with E-state index in [1.54, 1.807) is 13.8 Å². The third kappa shape index (κ3) is 4.17. The SMILES string of the molecule is CCN(CC)S(=O)(=O)c1ccc(S(=O)(=O)Oc2ccccc2F)cc1. The maximum absolute atomic E-state index is 13.5. The summed E-state index contributed by atoms with van der Waals surface area (Å²) in [6.45, 7) is 4.02. The molecule has 2 aromatic carbocycles. The van der Waals surface area contributed by atoms with Gasteiger partial charge in [-0.3, -0.25) is 0 Å². The van der Waals surface area contributed by atoms with Crippen molar-refractivity contribution in [1.29, 1.82) is 0 Å². The van der Waals surface area contributed by atoms with E-state index in [-0.39, 0.29) is 9.79 Å². The molecule has 0 amide bonds. The second-order valence-electron chi connectivity index (χ2n) is 5.03. The van der Waals surface area contributed by atoms with E-state index in [1.165, 1.54) is 34.6 Å². The lowest BCUT2D eigenvalue weighted by Crippen LogP contribution is -2.30. The van der Waals surface area contributed by atoms with Gasteiger partial charge in [0.25, 0.3) is 0 Å². The van der Waals surface area contributed by atoms with Crippen LogP contribution in [0.5, 0.6) is 5.75 Å². The summed E-state index contributed by atoms with van der Waals surface area (Å²) in [5.41, 5.74) is 0. The van der Waals surface area contributed by atoms with E-state index in [4.69, 9.17) is 4.18 Å². The zero-order valence-corrected chi connectivity index (χ0v) is 15.3. The van der Waals surface area contributed by atoms with Gasteiger partial charge in [-0.25, -0.2) is 12.8 Å². The Balaban J connectivity index is 2.32. The molecule has 0 fully saturated rings. The zero-order valence-electron chi connectivity index (χ0n) is 13.7. The Kier molecular flexibility index (Phi) is 5.81. The van der Waals surface area contributed by atoms with Crippen molar-refractivity contribution < 1.29 is 25.4 Å². The molecule has 6 nitrogen and oxygen atoms in total. The predicted octanol–water partition coefficient (Wildman–Crippen LogP) is 2.62. The molecule has 0 saturated heterocycles. The van der Waals surface area contributed by atoms with Crippen LogP contribution in [0.2, 0.25) is 0 Å². The Labute approximate surface area is 147 Å². The van der Waals surface area contributed by atoms with Crippen molar-refractivity contribution in [3.05, 3.63) is 54.3 Å². The molecule has 0 bridgehead atoms. The van der Waals surface area contributed by atoms with Crippen LogP contribution >= 0.6 is 0 Å². The average molecular weight is 387 g/mol. The minimum atomic E-state index is -4.28. The van der Waals surface area contributed by atoms with Crippen LogP contribution in [0, 0.1) is 5.82 Å². The standard InChI is InChI=1S/C16H18FNO5S2/c1-3-18(4-2)24(19,20)13-9-11-14(12-10-13)25(21,22)23-16-8-6-5-7-15(16)17/h5-12H,3-4H2,1-2H3. The highest BCUT2D eigenvalue weighted by Crippen LogP contribution is 2.23. The Morgan fingerprint density at radius 3 is 1.92 bits per heavy atom. The van der Waals surface area contributed by atoms with Crippen molar-refractivity contribution in [3.8, 4) is 5.75 Å². The van der Waals surface area contributed by atoms with Crippen molar-refractivity contribution in [2.75, 3.05) is 13.1 Å². The van der Waals surface area contributed by atoms with Crippen LogP contribution in [0.15, 0.2) is 58.3 Å². The van der Waals surface area contributed by atoms with E-state index in [2.05, 4.69) is 0 Å².